The molecule has 0 spiro atoms. The van der Waals surface area contributed by atoms with Crippen LogP contribution in [0.4, 0.5) is 11.5 Å². The molecule has 1 aromatic carbocycles. The van der Waals surface area contributed by atoms with Crippen LogP contribution in [0, 0.1) is 0 Å². The van der Waals surface area contributed by atoms with Crippen LogP contribution in [0.1, 0.15) is 10.5 Å². The van der Waals surface area contributed by atoms with Gasteiger partial charge in [-0.3, -0.25) is 4.79 Å². The van der Waals surface area contributed by atoms with Crippen LogP contribution in [0.2, 0.25) is 5.02 Å². The number of ether oxygens (including phenoxy) is 1. The Balaban J connectivity index is 2.20. The first-order valence-electron chi connectivity index (χ1n) is 5.57. The number of aromatic nitrogens is 2. The van der Waals surface area contributed by atoms with Gasteiger partial charge in [0.25, 0.3) is 5.91 Å². The van der Waals surface area contributed by atoms with E-state index >= 15 is 0 Å². The summed E-state index contributed by atoms with van der Waals surface area (Å²) in [6, 6.07) is 4.91. The lowest BCUT2D eigenvalue weighted by molar-refractivity contribution is 0.102. The van der Waals surface area contributed by atoms with Crippen molar-refractivity contribution in [2.45, 2.75) is 0 Å². The molecule has 0 aliphatic heterocycles. The number of carbonyl (C=O) groups is 1. The number of hydrogen-bond acceptors (Lipinski definition) is 6. The van der Waals surface area contributed by atoms with Crippen LogP contribution in [-0.4, -0.2) is 23.0 Å². The Kier molecular flexibility index (Phi) is 4.34. The molecule has 0 saturated carbocycles. The van der Waals surface area contributed by atoms with E-state index in [4.69, 9.17) is 22.2 Å². The predicted octanol–water partition coefficient (Wildman–Crippen LogP) is 1.68. The SMILES string of the molecule is COc1ccc(Cl)cc1NC(=O)c1cnc(NN)cn1. The van der Waals surface area contributed by atoms with Crippen molar-refractivity contribution in [1.29, 1.82) is 0 Å². The molecule has 0 aliphatic rings. The van der Waals surface area contributed by atoms with Gasteiger partial charge in [0, 0.05) is 5.02 Å². The lowest BCUT2D eigenvalue weighted by Crippen LogP contribution is -2.16. The molecule has 8 heteroatoms. The van der Waals surface area contributed by atoms with Gasteiger partial charge in [0.15, 0.2) is 5.82 Å². The smallest absolute Gasteiger partial charge is 0.275 e. The molecule has 0 radical (unpaired) electrons. The number of carbonyl (C=O) groups excluding carboxylic acids is 1. The zero-order valence-corrected chi connectivity index (χ0v) is 11.3. The second kappa shape index (κ2) is 6.18. The highest BCUT2D eigenvalue weighted by molar-refractivity contribution is 6.31. The Morgan fingerprint density at radius 1 is 1.35 bits per heavy atom. The molecule has 0 fully saturated rings. The molecule has 1 amide bonds. The van der Waals surface area contributed by atoms with Crippen molar-refractivity contribution in [3.8, 4) is 5.75 Å². The van der Waals surface area contributed by atoms with Crippen LogP contribution in [-0.2, 0) is 0 Å². The second-order valence-electron chi connectivity index (χ2n) is 3.73. The quantitative estimate of drug-likeness (QED) is 0.585. The van der Waals surface area contributed by atoms with Gasteiger partial charge in [0.1, 0.15) is 11.4 Å². The molecular weight excluding hydrogens is 282 g/mol. The van der Waals surface area contributed by atoms with E-state index in [9.17, 15) is 4.79 Å². The number of hydrazine groups is 1. The number of halogens is 1. The van der Waals surface area contributed by atoms with Crippen LogP contribution in [0.5, 0.6) is 5.75 Å². The summed E-state index contributed by atoms with van der Waals surface area (Å²) >= 11 is 5.89. The van der Waals surface area contributed by atoms with E-state index < -0.39 is 5.91 Å². The summed E-state index contributed by atoms with van der Waals surface area (Å²) in [5, 5.41) is 3.13. The number of benzene rings is 1. The van der Waals surface area contributed by atoms with Gasteiger partial charge in [-0.2, -0.15) is 0 Å². The number of nitrogens with one attached hydrogen (secondary N) is 2. The molecule has 104 valence electrons. The van der Waals surface area contributed by atoms with Crippen LogP contribution in [0.25, 0.3) is 0 Å². The molecule has 2 rings (SSSR count). The van der Waals surface area contributed by atoms with Gasteiger partial charge >= 0.3 is 0 Å². The minimum Gasteiger partial charge on any atom is -0.495 e. The fourth-order valence-corrected chi connectivity index (χ4v) is 1.66. The van der Waals surface area contributed by atoms with E-state index in [1.54, 1.807) is 18.2 Å². The predicted molar refractivity (Wildman–Crippen MR) is 75.8 cm³/mol. The molecule has 1 aromatic heterocycles. The number of anilines is 2. The number of amides is 1. The van der Waals surface area contributed by atoms with Gasteiger partial charge in [-0.25, -0.2) is 15.8 Å². The summed E-state index contributed by atoms with van der Waals surface area (Å²) in [7, 11) is 1.50. The van der Waals surface area contributed by atoms with Crippen LogP contribution >= 0.6 is 11.6 Å². The van der Waals surface area contributed by atoms with Crippen LogP contribution in [0.15, 0.2) is 30.6 Å². The van der Waals surface area contributed by atoms with Crippen molar-refractivity contribution in [2.75, 3.05) is 17.9 Å². The van der Waals surface area contributed by atoms with Crippen molar-refractivity contribution in [3.63, 3.8) is 0 Å². The maximum absolute atomic E-state index is 12.0. The maximum Gasteiger partial charge on any atom is 0.275 e. The fraction of sp³-hybridized carbons (Fsp3) is 0.0833. The number of nitrogens with two attached hydrogens (primary N) is 1. The van der Waals surface area contributed by atoms with Gasteiger partial charge in [-0.15, -0.1) is 0 Å². The Hall–Kier alpha value is -2.38. The second-order valence-corrected chi connectivity index (χ2v) is 4.17. The monoisotopic (exact) mass is 293 g/mol. The highest BCUT2D eigenvalue weighted by atomic mass is 35.5. The Morgan fingerprint density at radius 2 is 2.15 bits per heavy atom. The zero-order valence-electron chi connectivity index (χ0n) is 10.6. The van der Waals surface area contributed by atoms with Crippen molar-refractivity contribution >= 4 is 29.0 Å². The van der Waals surface area contributed by atoms with Gasteiger partial charge in [-0.05, 0) is 18.2 Å². The normalized spacial score (nSPS) is 9.95. The summed E-state index contributed by atoms with van der Waals surface area (Å²) in [5.74, 6) is 5.60. The highest BCUT2D eigenvalue weighted by Crippen LogP contribution is 2.27. The van der Waals surface area contributed by atoms with Gasteiger partial charge in [-0.1, -0.05) is 11.6 Å². The molecule has 4 N–H and O–H groups in total. The zero-order chi connectivity index (χ0) is 14.5. The third-order valence-electron chi connectivity index (χ3n) is 2.44. The van der Waals surface area contributed by atoms with Gasteiger partial charge < -0.3 is 15.5 Å². The van der Waals surface area contributed by atoms with E-state index in [0.29, 0.717) is 22.3 Å². The number of nitrogens with zero attached hydrogens (tertiary/aromatic N) is 2. The van der Waals surface area contributed by atoms with E-state index in [-0.39, 0.29) is 5.69 Å². The van der Waals surface area contributed by atoms with Crippen molar-refractivity contribution in [3.05, 3.63) is 41.3 Å². The topological polar surface area (TPSA) is 102 Å². The number of nitrogen functional groups attached to an aromatic ring is 1. The average molecular weight is 294 g/mol. The average Bonchev–Trinajstić information content (AvgIpc) is 2.47. The number of hydrogen-bond donors (Lipinski definition) is 3. The Labute approximate surface area is 120 Å². The summed E-state index contributed by atoms with van der Waals surface area (Å²) in [4.78, 5) is 19.9. The molecule has 0 saturated heterocycles. The van der Waals surface area contributed by atoms with Crippen LogP contribution < -0.4 is 21.3 Å². The molecule has 1 heterocycles. The lowest BCUT2D eigenvalue weighted by atomic mass is 10.2. The van der Waals surface area contributed by atoms with E-state index in [2.05, 4.69) is 20.7 Å². The van der Waals surface area contributed by atoms with Crippen molar-refractivity contribution in [2.24, 2.45) is 5.84 Å². The molecule has 0 unspecified atom stereocenters. The Bertz CT molecular complexity index is 618. The molecule has 0 bridgehead atoms. The first-order chi connectivity index (χ1) is 9.63. The third-order valence-corrected chi connectivity index (χ3v) is 2.68. The fourth-order valence-electron chi connectivity index (χ4n) is 1.48. The third kappa shape index (κ3) is 3.14. The van der Waals surface area contributed by atoms with Crippen molar-refractivity contribution in [1.82, 2.24) is 9.97 Å². The van der Waals surface area contributed by atoms with E-state index in [1.165, 1.54) is 19.5 Å². The van der Waals surface area contributed by atoms with Crippen LogP contribution in [0.3, 0.4) is 0 Å². The lowest BCUT2D eigenvalue weighted by Gasteiger charge is -2.10. The summed E-state index contributed by atoms with van der Waals surface area (Å²) in [6.07, 6.45) is 2.66. The number of methoxy groups -OCH3 is 1. The molecule has 0 atom stereocenters. The Morgan fingerprint density at radius 3 is 2.75 bits per heavy atom. The molecular formula is C12H12ClN5O2. The van der Waals surface area contributed by atoms with Gasteiger partial charge in [0.2, 0.25) is 0 Å². The minimum absolute atomic E-state index is 0.144. The summed E-state index contributed by atoms with van der Waals surface area (Å²) in [6.45, 7) is 0. The first kappa shape index (κ1) is 14.0. The minimum atomic E-state index is -0.429. The summed E-state index contributed by atoms with van der Waals surface area (Å²) in [5.41, 5.74) is 2.92. The van der Waals surface area contributed by atoms with Crippen molar-refractivity contribution < 1.29 is 9.53 Å². The largest absolute Gasteiger partial charge is 0.495 e. The first-order valence-corrected chi connectivity index (χ1v) is 5.95. The molecule has 7 nitrogen and oxygen atoms in total. The van der Waals surface area contributed by atoms with E-state index in [0.717, 1.165) is 0 Å². The standard InChI is InChI=1S/C12H12ClN5O2/c1-20-10-3-2-7(13)4-8(10)17-12(19)9-5-16-11(18-14)6-15-9/h2-6H,14H2,1H3,(H,16,18)(H,17,19). The molecule has 2 aromatic rings. The number of rotatable bonds is 4. The molecule has 20 heavy (non-hydrogen) atoms. The highest BCUT2D eigenvalue weighted by Gasteiger charge is 2.12. The van der Waals surface area contributed by atoms with E-state index in [1.807, 2.05) is 0 Å². The van der Waals surface area contributed by atoms with Gasteiger partial charge in [0.05, 0.1) is 25.2 Å². The summed E-state index contributed by atoms with van der Waals surface area (Å²) < 4.78 is 5.14. The molecule has 0 aliphatic carbocycles. The maximum atomic E-state index is 12.0.